The van der Waals surface area contributed by atoms with Gasteiger partial charge in [0.2, 0.25) is 0 Å². The summed E-state index contributed by atoms with van der Waals surface area (Å²) in [6.07, 6.45) is -0.372. The van der Waals surface area contributed by atoms with Crippen molar-refractivity contribution in [3.63, 3.8) is 0 Å². The predicted molar refractivity (Wildman–Crippen MR) is 150 cm³/mol. The summed E-state index contributed by atoms with van der Waals surface area (Å²) in [5.41, 5.74) is 5.41. The molecule has 0 bridgehead atoms. The molecule has 4 nitrogen and oxygen atoms in total. The Morgan fingerprint density at radius 2 is 1.28 bits per heavy atom. The van der Waals surface area contributed by atoms with E-state index in [1.165, 1.54) is 21.8 Å². The van der Waals surface area contributed by atoms with E-state index >= 15 is 0 Å². The highest BCUT2D eigenvalue weighted by Gasteiger charge is 2.22. The number of nitrogens with one attached hydrogen (secondary N) is 1. The second kappa shape index (κ2) is 8.36. The van der Waals surface area contributed by atoms with Crippen LogP contribution in [-0.4, -0.2) is 15.7 Å². The zero-order valence-corrected chi connectivity index (χ0v) is 20.0. The molecule has 1 atom stereocenters. The summed E-state index contributed by atoms with van der Waals surface area (Å²) >= 11 is 6.51. The van der Waals surface area contributed by atoms with Gasteiger partial charge < -0.3 is 9.88 Å². The number of hydrogen-bond donors (Lipinski definition) is 1. The van der Waals surface area contributed by atoms with Crippen molar-refractivity contribution in [3.8, 4) is 5.69 Å². The summed E-state index contributed by atoms with van der Waals surface area (Å²) in [5, 5.41) is 8.36. The number of fused-ring (bicyclic) bond motifs is 4. The predicted octanol–water partition coefficient (Wildman–Crippen LogP) is 7.58. The molecule has 1 aliphatic rings. The van der Waals surface area contributed by atoms with Gasteiger partial charge in [-0.1, -0.05) is 91.0 Å². The molecule has 0 saturated carbocycles. The summed E-state index contributed by atoms with van der Waals surface area (Å²) in [5.74, 6) is 0.621. The van der Waals surface area contributed by atoms with Crippen LogP contribution < -0.4 is 5.32 Å². The van der Waals surface area contributed by atoms with Gasteiger partial charge in [-0.15, -0.1) is 0 Å². The van der Waals surface area contributed by atoms with E-state index in [2.05, 4.69) is 99.8 Å². The quantitative estimate of drug-likeness (QED) is 0.258. The lowest BCUT2D eigenvalue weighted by atomic mass is 10.0. The Labute approximate surface area is 213 Å². The Bertz CT molecular complexity index is 1780. The van der Waals surface area contributed by atoms with Crippen molar-refractivity contribution < 1.29 is 0 Å². The molecule has 36 heavy (non-hydrogen) atoms. The van der Waals surface area contributed by atoms with Crippen molar-refractivity contribution in [1.29, 1.82) is 0 Å². The number of nitrogens with zero attached hydrogens (tertiary/aromatic N) is 3. The molecule has 172 valence electrons. The number of aliphatic imine (C=N–C) groups is 2. The molecule has 0 saturated heterocycles. The molecular weight excluding hydrogens is 464 g/mol. The Hall–Kier alpha value is -4.41. The SMILES string of the molecule is ClC1=NC(c2ccccc2)=NC(c2cc(-n3c4ccccc4c4ccccc43)cc3ccccc23)N1. The molecule has 6 aromatic rings. The lowest BCUT2D eigenvalue weighted by molar-refractivity contribution is 0.685. The summed E-state index contributed by atoms with van der Waals surface area (Å²) in [6.45, 7) is 0. The topological polar surface area (TPSA) is 41.7 Å². The van der Waals surface area contributed by atoms with Crippen LogP contribution in [0.4, 0.5) is 0 Å². The molecule has 5 heteroatoms. The first kappa shape index (κ1) is 20.9. The second-order valence-electron chi connectivity index (χ2n) is 8.89. The minimum absolute atomic E-state index is 0.334. The number of para-hydroxylation sites is 2. The molecule has 5 aromatic carbocycles. The average Bonchev–Trinajstić information content (AvgIpc) is 3.27. The smallest absolute Gasteiger partial charge is 0.199 e. The lowest BCUT2D eigenvalue weighted by Crippen LogP contribution is -2.29. The van der Waals surface area contributed by atoms with Crippen molar-refractivity contribution in [2.75, 3.05) is 0 Å². The molecule has 0 fully saturated rings. The van der Waals surface area contributed by atoms with Gasteiger partial charge in [0.1, 0.15) is 6.17 Å². The van der Waals surface area contributed by atoms with Crippen LogP contribution in [0.15, 0.2) is 125 Å². The summed E-state index contributed by atoms with van der Waals surface area (Å²) < 4.78 is 2.33. The Balaban J connectivity index is 1.49. The first-order valence-electron chi connectivity index (χ1n) is 11.9. The van der Waals surface area contributed by atoms with Crippen LogP contribution in [0.1, 0.15) is 17.3 Å². The minimum Gasteiger partial charge on any atom is -0.335 e. The van der Waals surface area contributed by atoms with Gasteiger partial charge in [0.05, 0.1) is 11.0 Å². The van der Waals surface area contributed by atoms with Crippen LogP contribution in [0.3, 0.4) is 0 Å². The third-order valence-electron chi connectivity index (χ3n) is 6.75. The van der Waals surface area contributed by atoms with Gasteiger partial charge in [-0.2, -0.15) is 0 Å². The fourth-order valence-electron chi connectivity index (χ4n) is 5.17. The average molecular weight is 485 g/mol. The van der Waals surface area contributed by atoms with E-state index < -0.39 is 0 Å². The molecular formula is C31H21ClN4. The summed E-state index contributed by atoms with van der Waals surface area (Å²) in [7, 11) is 0. The van der Waals surface area contributed by atoms with Crippen molar-refractivity contribution >= 4 is 55.3 Å². The maximum Gasteiger partial charge on any atom is 0.199 e. The normalized spacial score (nSPS) is 15.6. The van der Waals surface area contributed by atoms with Crippen molar-refractivity contribution in [1.82, 2.24) is 9.88 Å². The summed E-state index contributed by atoms with van der Waals surface area (Å²) in [4.78, 5) is 9.47. The Kier molecular flexibility index (Phi) is 4.86. The minimum atomic E-state index is -0.372. The van der Waals surface area contributed by atoms with Gasteiger partial charge in [-0.3, -0.25) is 0 Å². The highest BCUT2D eigenvalue weighted by molar-refractivity contribution is 6.65. The Morgan fingerprint density at radius 3 is 2.00 bits per heavy atom. The molecule has 1 N–H and O–H groups in total. The molecule has 0 amide bonds. The molecule has 1 aliphatic heterocycles. The number of halogens is 1. The molecule has 2 heterocycles. The molecule has 1 aromatic heterocycles. The van der Waals surface area contributed by atoms with E-state index in [4.69, 9.17) is 16.6 Å². The van der Waals surface area contributed by atoms with Crippen molar-refractivity contribution in [3.05, 3.63) is 126 Å². The molecule has 0 radical (unpaired) electrons. The zero-order chi connectivity index (χ0) is 24.1. The third kappa shape index (κ3) is 3.38. The Morgan fingerprint density at radius 1 is 0.667 bits per heavy atom. The van der Waals surface area contributed by atoms with Crippen molar-refractivity contribution in [2.45, 2.75) is 6.17 Å². The third-order valence-corrected chi connectivity index (χ3v) is 6.95. The maximum absolute atomic E-state index is 6.51. The van der Waals surface area contributed by atoms with E-state index in [0.717, 1.165) is 27.6 Å². The van der Waals surface area contributed by atoms with Crippen LogP contribution in [0.25, 0.3) is 38.3 Å². The van der Waals surface area contributed by atoms with Crippen LogP contribution in [0, 0.1) is 0 Å². The van der Waals surface area contributed by atoms with Gasteiger partial charge >= 0.3 is 0 Å². The number of rotatable bonds is 3. The van der Waals surface area contributed by atoms with E-state index in [1.807, 2.05) is 30.3 Å². The fraction of sp³-hybridized carbons (Fsp3) is 0.0323. The zero-order valence-electron chi connectivity index (χ0n) is 19.3. The standard InChI is InChI=1S/C31H21ClN4/c32-31-34-29(20-10-2-1-3-11-20)33-30(35-31)26-19-22(18-21-12-4-5-13-23(21)26)36-27-16-8-6-14-24(27)25-15-7-9-17-28(25)36/h1-19,30H,(H,33,34,35). The number of benzene rings is 5. The monoisotopic (exact) mass is 484 g/mol. The van der Waals surface area contributed by atoms with Crippen LogP contribution in [0.5, 0.6) is 0 Å². The first-order valence-corrected chi connectivity index (χ1v) is 12.3. The number of aromatic nitrogens is 1. The highest BCUT2D eigenvalue weighted by atomic mass is 35.5. The van der Waals surface area contributed by atoms with Crippen LogP contribution in [0.2, 0.25) is 0 Å². The van der Waals surface area contributed by atoms with E-state index in [0.29, 0.717) is 11.1 Å². The second-order valence-corrected chi connectivity index (χ2v) is 9.25. The van der Waals surface area contributed by atoms with Gasteiger partial charge in [0.15, 0.2) is 11.1 Å². The first-order chi connectivity index (χ1) is 17.8. The number of amidine groups is 2. The van der Waals surface area contributed by atoms with Gasteiger partial charge in [-0.25, -0.2) is 9.98 Å². The molecule has 7 rings (SSSR count). The number of hydrogen-bond acceptors (Lipinski definition) is 3. The lowest BCUT2D eigenvalue weighted by Gasteiger charge is -2.23. The van der Waals surface area contributed by atoms with Crippen molar-refractivity contribution in [2.24, 2.45) is 9.98 Å². The van der Waals surface area contributed by atoms with Gasteiger partial charge in [0, 0.05) is 27.6 Å². The maximum atomic E-state index is 6.51. The van der Waals surface area contributed by atoms with Gasteiger partial charge in [-0.05, 0) is 46.6 Å². The fourth-order valence-corrected chi connectivity index (χ4v) is 5.36. The van der Waals surface area contributed by atoms with E-state index in [9.17, 15) is 0 Å². The van der Waals surface area contributed by atoms with E-state index in [1.54, 1.807) is 0 Å². The molecule has 0 spiro atoms. The van der Waals surface area contributed by atoms with E-state index in [-0.39, 0.29) is 6.17 Å². The molecule has 0 aliphatic carbocycles. The van der Waals surface area contributed by atoms with Crippen LogP contribution >= 0.6 is 11.6 Å². The van der Waals surface area contributed by atoms with Gasteiger partial charge in [0.25, 0.3) is 0 Å². The largest absolute Gasteiger partial charge is 0.335 e. The molecule has 1 unspecified atom stereocenters. The van der Waals surface area contributed by atoms with Crippen LogP contribution in [-0.2, 0) is 0 Å². The highest BCUT2D eigenvalue weighted by Crippen LogP contribution is 2.36. The summed E-state index contributed by atoms with van der Waals surface area (Å²) in [6, 6.07) is 39.9.